The fourth-order valence-electron chi connectivity index (χ4n) is 1.57. The largest absolute Gasteiger partial charge is 0.348 e. The van der Waals surface area contributed by atoms with Crippen LogP contribution in [0.3, 0.4) is 0 Å². The number of carbonyl (C=O) groups excluding carboxylic acids is 1. The van der Waals surface area contributed by atoms with Gasteiger partial charge in [0, 0.05) is 19.5 Å². The van der Waals surface area contributed by atoms with Crippen LogP contribution in [0.25, 0.3) is 0 Å². The SMILES string of the molecule is CCCCCCCc1nc(C(C)=O)c[nH]1. The van der Waals surface area contributed by atoms with Gasteiger partial charge in [0.25, 0.3) is 0 Å². The lowest BCUT2D eigenvalue weighted by Crippen LogP contribution is -1.93. The minimum atomic E-state index is 0.0310. The lowest BCUT2D eigenvalue weighted by atomic mass is 10.1. The van der Waals surface area contributed by atoms with Crippen molar-refractivity contribution in [1.82, 2.24) is 9.97 Å². The van der Waals surface area contributed by atoms with Gasteiger partial charge in [-0.15, -0.1) is 0 Å². The molecule has 0 saturated carbocycles. The maximum atomic E-state index is 11.0. The Kier molecular flexibility index (Phi) is 5.08. The number of aromatic amines is 1. The lowest BCUT2D eigenvalue weighted by Gasteiger charge is -1.97. The van der Waals surface area contributed by atoms with E-state index >= 15 is 0 Å². The molecule has 0 spiro atoms. The van der Waals surface area contributed by atoms with Crippen LogP contribution >= 0.6 is 0 Å². The first kappa shape index (κ1) is 12.0. The number of H-pyrrole nitrogens is 1. The average Bonchev–Trinajstić information content (AvgIpc) is 2.66. The summed E-state index contributed by atoms with van der Waals surface area (Å²) < 4.78 is 0. The molecule has 0 aliphatic carbocycles. The van der Waals surface area contributed by atoms with Crippen molar-refractivity contribution in [3.05, 3.63) is 17.7 Å². The Morgan fingerprint density at radius 1 is 1.33 bits per heavy atom. The molecule has 0 amide bonds. The predicted molar refractivity (Wildman–Crippen MR) is 61.1 cm³/mol. The molecule has 0 unspecified atom stereocenters. The normalized spacial score (nSPS) is 10.5. The second-order valence-corrected chi connectivity index (χ2v) is 3.95. The zero-order chi connectivity index (χ0) is 11.1. The molecule has 1 aromatic heterocycles. The fourth-order valence-corrected chi connectivity index (χ4v) is 1.57. The van der Waals surface area contributed by atoms with Gasteiger partial charge in [0.2, 0.25) is 0 Å². The van der Waals surface area contributed by atoms with Gasteiger partial charge in [0.15, 0.2) is 5.78 Å². The topological polar surface area (TPSA) is 45.8 Å². The molecule has 1 N–H and O–H groups in total. The molecule has 0 aliphatic rings. The van der Waals surface area contributed by atoms with Gasteiger partial charge in [-0.05, 0) is 6.42 Å². The van der Waals surface area contributed by atoms with Crippen molar-refractivity contribution < 1.29 is 4.79 Å². The summed E-state index contributed by atoms with van der Waals surface area (Å²) in [6, 6.07) is 0. The molecule has 0 bridgehead atoms. The van der Waals surface area contributed by atoms with E-state index in [0.29, 0.717) is 5.69 Å². The zero-order valence-electron chi connectivity index (χ0n) is 9.68. The number of Topliss-reactive ketones (excluding diaryl/α,β-unsaturated/α-hetero) is 1. The number of aromatic nitrogens is 2. The molecule has 1 heterocycles. The Balaban J connectivity index is 2.23. The number of unbranched alkanes of at least 4 members (excludes halogenated alkanes) is 4. The third-order valence-corrected chi connectivity index (χ3v) is 2.51. The molecule has 3 heteroatoms. The van der Waals surface area contributed by atoms with E-state index in [2.05, 4.69) is 16.9 Å². The van der Waals surface area contributed by atoms with E-state index < -0.39 is 0 Å². The summed E-state index contributed by atoms with van der Waals surface area (Å²) in [6.45, 7) is 3.76. The van der Waals surface area contributed by atoms with Crippen LogP contribution in [0.4, 0.5) is 0 Å². The average molecular weight is 208 g/mol. The highest BCUT2D eigenvalue weighted by Gasteiger charge is 2.04. The molecule has 84 valence electrons. The Bertz CT molecular complexity index is 304. The summed E-state index contributed by atoms with van der Waals surface area (Å²) in [6.07, 6.45) is 8.96. The summed E-state index contributed by atoms with van der Waals surface area (Å²) >= 11 is 0. The molecule has 3 nitrogen and oxygen atoms in total. The highest BCUT2D eigenvalue weighted by molar-refractivity contribution is 5.91. The summed E-state index contributed by atoms with van der Waals surface area (Å²) in [5, 5.41) is 0. The monoisotopic (exact) mass is 208 g/mol. The second kappa shape index (κ2) is 6.38. The number of hydrogen-bond donors (Lipinski definition) is 1. The minimum Gasteiger partial charge on any atom is -0.348 e. The first-order valence-corrected chi connectivity index (χ1v) is 5.79. The van der Waals surface area contributed by atoms with Gasteiger partial charge < -0.3 is 4.98 Å². The van der Waals surface area contributed by atoms with E-state index in [9.17, 15) is 4.79 Å². The van der Waals surface area contributed by atoms with Crippen LogP contribution in [0, 0.1) is 0 Å². The van der Waals surface area contributed by atoms with Crippen molar-refractivity contribution in [3.8, 4) is 0 Å². The third-order valence-electron chi connectivity index (χ3n) is 2.51. The first-order chi connectivity index (χ1) is 7.24. The highest BCUT2D eigenvalue weighted by atomic mass is 16.1. The molecule has 0 aromatic carbocycles. The van der Waals surface area contributed by atoms with Gasteiger partial charge in [-0.25, -0.2) is 4.98 Å². The molecule has 1 rings (SSSR count). The van der Waals surface area contributed by atoms with Gasteiger partial charge in [-0.3, -0.25) is 4.79 Å². The van der Waals surface area contributed by atoms with Gasteiger partial charge in [0.05, 0.1) is 0 Å². The number of nitrogens with zero attached hydrogens (tertiary/aromatic N) is 1. The van der Waals surface area contributed by atoms with Crippen molar-refractivity contribution in [1.29, 1.82) is 0 Å². The third kappa shape index (κ3) is 4.28. The summed E-state index contributed by atoms with van der Waals surface area (Å²) in [5.74, 6) is 0.972. The lowest BCUT2D eigenvalue weighted by molar-refractivity contribution is 0.101. The number of nitrogens with one attached hydrogen (secondary N) is 1. The van der Waals surface area contributed by atoms with Gasteiger partial charge in [-0.2, -0.15) is 0 Å². The van der Waals surface area contributed by atoms with Crippen LogP contribution in [0.5, 0.6) is 0 Å². The van der Waals surface area contributed by atoms with Crippen molar-refractivity contribution >= 4 is 5.78 Å². The van der Waals surface area contributed by atoms with Crippen LogP contribution in [-0.2, 0) is 6.42 Å². The molecule has 0 saturated heterocycles. The molecular formula is C12H20N2O. The quantitative estimate of drug-likeness (QED) is 0.552. The summed E-state index contributed by atoms with van der Waals surface area (Å²) in [4.78, 5) is 18.3. The van der Waals surface area contributed by atoms with Crippen LogP contribution in [0.15, 0.2) is 6.20 Å². The smallest absolute Gasteiger partial charge is 0.179 e. The molecule has 15 heavy (non-hydrogen) atoms. The maximum absolute atomic E-state index is 11.0. The van der Waals surface area contributed by atoms with Crippen molar-refractivity contribution in [2.24, 2.45) is 0 Å². The highest BCUT2D eigenvalue weighted by Crippen LogP contribution is 2.07. The van der Waals surface area contributed by atoms with Crippen molar-refractivity contribution in [3.63, 3.8) is 0 Å². The molecule has 0 radical (unpaired) electrons. The fraction of sp³-hybridized carbons (Fsp3) is 0.667. The van der Waals surface area contributed by atoms with Crippen LogP contribution < -0.4 is 0 Å². The molecule has 0 fully saturated rings. The number of rotatable bonds is 7. The van der Waals surface area contributed by atoms with Crippen LogP contribution in [0.2, 0.25) is 0 Å². The van der Waals surface area contributed by atoms with Crippen molar-refractivity contribution in [2.75, 3.05) is 0 Å². The van der Waals surface area contributed by atoms with Gasteiger partial charge in [-0.1, -0.05) is 32.6 Å². The summed E-state index contributed by atoms with van der Waals surface area (Å²) in [5.41, 5.74) is 0.554. The van der Waals surface area contributed by atoms with Crippen LogP contribution in [-0.4, -0.2) is 15.8 Å². The number of carbonyl (C=O) groups is 1. The minimum absolute atomic E-state index is 0.0310. The molecular weight excluding hydrogens is 188 g/mol. The predicted octanol–water partition coefficient (Wildman–Crippen LogP) is 3.13. The van der Waals surface area contributed by atoms with E-state index in [1.807, 2.05) is 0 Å². The Morgan fingerprint density at radius 3 is 2.67 bits per heavy atom. The maximum Gasteiger partial charge on any atom is 0.179 e. The summed E-state index contributed by atoms with van der Waals surface area (Å²) in [7, 11) is 0. The number of hydrogen-bond acceptors (Lipinski definition) is 2. The van der Waals surface area contributed by atoms with E-state index in [4.69, 9.17) is 0 Å². The van der Waals surface area contributed by atoms with Gasteiger partial charge in [0.1, 0.15) is 11.5 Å². The molecule has 0 atom stereocenters. The standard InChI is InChI=1S/C12H20N2O/c1-3-4-5-6-7-8-12-13-9-11(14-12)10(2)15/h9H,3-8H2,1-2H3,(H,13,14). The molecule has 1 aromatic rings. The van der Waals surface area contributed by atoms with E-state index in [1.54, 1.807) is 13.1 Å². The first-order valence-electron chi connectivity index (χ1n) is 5.79. The van der Waals surface area contributed by atoms with Gasteiger partial charge >= 0.3 is 0 Å². The Morgan fingerprint density at radius 2 is 2.07 bits per heavy atom. The van der Waals surface area contributed by atoms with Crippen LogP contribution in [0.1, 0.15) is 62.3 Å². The molecule has 0 aliphatic heterocycles. The van der Waals surface area contributed by atoms with E-state index in [1.165, 1.54) is 25.7 Å². The number of ketones is 1. The van der Waals surface area contributed by atoms with Crippen molar-refractivity contribution in [2.45, 2.75) is 52.4 Å². The Labute approximate surface area is 91.3 Å². The number of imidazole rings is 1. The number of aryl methyl sites for hydroxylation is 1. The van der Waals surface area contributed by atoms with E-state index in [-0.39, 0.29) is 5.78 Å². The van der Waals surface area contributed by atoms with E-state index in [0.717, 1.165) is 18.7 Å². The Hall–Kier alpha value is -1.12. The second-order valence-electron chi connectivity index (χ2n) is 3.95. The zero-order valence-corrected chi connectivity index (χ0v) is 9.68.